The van der Waals surface area contributed by atoms with E-state index in [4.69, 9.17) is 0 Å². The van der Waals surface area contributed by atoms with Gasteiger partial charge in [-0.15, -0.1) is 4.79 Å². The summed E-state index contributed by atoms with van der Waals surface area (Å²) in [5, 5.41) is 0.831. The van der Waals surface area contributed by atoms with Crippen molar-refractivity contribution in [2.24, 2.45) is 0 Å². The zero-order chi connectivity index (χ0) is 20.5. The van der Waals surface area contributed by atoms with Crippen LogP contribution in [0.1, 0.15) is 41.3 Å². The molecule has 3 aromatic rings. The van der Waals surface area contributed by atoms with Crippen molar-refractivity contribution in [3.63, 3.8) is 0 Å². The van der Waals surface area contributed by atoms with Gasteiger partial charge in [0.05, 0.1) is 4.90 Å². The van der Waals surface area contributed by atoms with Crippen LogP contribution in [-0.2, 0) is 9.84 Å². The molecular formula is C22H20N2O3S. The topological polar surface area (TPSA) is 87.6 Å². The van der Waals surface area contributed by atoms with E-state index in [0.29, 0.717) is 5.56 Å². The van der Waals surface area contributed by atoms with Gasteiger partial charge in [0.1, 0.15) is 0 Å². The quantitative estimate of drug-likeness (QED) is 0.214. The fourth-order valence-corrected chi connectivity index (χ4v) is 4.51. The van der Waals surface area contributed by atoms with Gasteiger partial charge in [-0.2, -0.15) is 0 Å². The average Bonchev–Trinajstić information content (AvgIpc) is 2.67. The summed E-state index contributed by atoms with van der Waals surface area (Å²) in [6.45, 7) is 5.54. The number of hydrogen-bond acceptors (Lipinski definition) is 3. The molecule has 0 spiro atoms. The van der Waals surface area contributed by atoms with Crippen molar-refractivity contribution in [2.45, 2.75) is 31.6 Å². The number of nitrogens with zero attached hydrogens (tertiary/aromatic N) is 2. The predicted octanol–water partition coefficient (Wildman–Crippen LogP) is 4.56. The highest BCUT2D eigenvalue weighted by Gasteiger charge is 2.39. The molecule has 0 amide bonds. The Hall–Kier alpha value is -3.08. The van der Waals surface area contributed by atoms with Crippen LogP contribution in [0.4, 0.5) is 0 Å². The van der Waals surface area contributed by atoms with E-state index in [9.17, 15) is 18.7 Å². The van der Waals surface area contributed by atoms with Crippen LogP contribution >= 0.6 is 0 Å². The second-order valence-electron chi connectivity index (χ2n) is 6.98. The van der Waals surface area contributed by atoms with E-state index in [-0.39, 0.29) is 16.4 Å². The van der Waals surface area contributed by atoms with Crippen LogP contribution in [0.2, 0.25) is 0 Å². The van der Waals surface area contributed by atoms with E-state index in [1.165, 1.54) is 12.1 Å². The molecule has 0 aromatic heterocycles. The van der Waals surface area contributed by atoms with Gasteiger partial charge in [-0.25, -0.2) is 8.42 Å². The number of fused-ring (bicyclic) bond motifs is 1. The van der Waals surface area contributed by atoms with Gasteiger partial charge in [0, 0.05) is 5.56 Å². The molecule has 3 rings (SSSR count). The first-order valence-electron chi connectivity index (χ1n) is 8.87. The van der Waals surface area contributed by atoms with Crippen molar-refractivity contribution in [3.05, 3.63) is 82.9 Å². The highest BCUT2D eigenvalue weighted by Crippen LogP contribution is 2.25. The van der Waals surface area contributed by atoms with E-state index in [2.05, 4.69) is 4.79 Å². The molecular weight excluding hydrogens is 372 g/mol. The van der Waals surface area contributed by atoms with Crippen molar-refractivity contribution in [3.8, 4) is 0 Å². The molecule has 0 radical (unpaired) electrons. The molecule has 0 aliphatic carbocycles. The molecule has 3 aromatic carbocycles. The Bertz CT molecular complexity index is 1240. The second kappa shape index (κ2) is 7.50. The fraction of sp³-hybridized carbons (Fsp3) is 0.182. The first-order valence-corrected chi connectivity index (χ1v) is 10.3. The molecule has 0 heterocycles. The second-order valence-corrected chi connectivity index (χ2v) is 8.81. The number of Topliss-reactive ketones (excluding diaryl/α,β-unsaturated/α-hetero) is 1. The summed E-state index contributed by atoms with van der Waals surface area (Å²) in [5.41, 5.74) is 10.9. The van der Waals surface area contributed by atoms with Gasteiger partial charge in [-0.3, -0.25) is 4.79 Å². The van der Waals surface area contributed by atoms with E-state index < -0.39 is 20.7 Å². The Morgan fingerprint density at radius 2 is 1.64 bits per heavy atom. The summed E-state index contributed by atoms with van der Waals surface area (Å²) in [6, 6.07) is 17.3. The number of rotatable bonds is 4. The highest BCUT2D eigenvalue weighted by molar-refractivity contribution is 8.08. The van der Waals surface area contributed by atoms with Crippen LogP contribution in [-0.4, -0.2) is 24.0 Å². The number of carbonyl (C=O) groups excluding carboxylic acids is 1. The van der Waals surface area contributed by atoms with E-state index in [1.54, 1.807) is 25.1 Å². The normalized spacial score (nSPS) is 11.4. The zero-order valence-electron chi connectivity index (χ0n) is 15.9. The number of sulfone groups is 1. The molecule has 0 saturated heterocycles. The third kappa shape index (κ3) is 3.52. The van der Waals surface area contributed by atoms with Crippen LogP contribution in [0.3, 0.4) is 0 Å². The smallest absolute Gasteiger partial charge is 0.360 e. The van der Waals surface area contributed by atoms with Crippen LogP contribution < -0.4 is 0 Å². The SMILES string of the molecule is Cc1ccc(C(C)C)cc1S(=O)(=O)C(=[N+]=[N-])C(=O)c1ccc2ccccc2c1. The minimum atomic E-state index is -4.29. The van der Waals surface area contributed by atoms with Gasteiger partial charge < -0.3 is 5.53 Å². The van der Waals surface area contributed by atoms with Gasteiger partial charge in [-0.1, -0.05) is 62.4 Å². The molecule has 0 bridgehead atoms. The van der Waals surface area contributed by atoms with Gasteiger partial charge >= 0.3 is 5.04 Å². The Kier molecular flexibility index (Phi) is 5.27. The summed E-state index contributed by atoms with van der Waals surface area (Å²) in [7, 11) is -4.29. The van der Waals surface area contributed by atoms with Crippen molar-refractivity contribution in [1.29, 1.82) is 0 Å². The highest BCUT2D eigenvalue weighted by atomic mass is 32.2. The summed E-state index contributed by atoms with van der Waals surface area (Å²) >= 11 is 0. The Morgan fingerprint density at radius 3 is 2.29 bits per heavy atom. The van der Waals surface area contributed by atoms with Crippen molar-refractivity contribution < 1.29 is 18.0 Å². The van der Waals surface area contributed by atoms with Crippen molar-refractivity contribution in [1.82, 2.24) is 0 Å². The minimum absolute atomic E-state index is 0.0272. The van der Waals surface area contributed by atoms with E-state index in [0.717, 1.165) is 16.3 Å². The van der Waals surface area contributed by atoms with Gasteiger partial charge in [-0.05, 0) is 46.9 Å². The van der Waals surface area contributed by atoms with E-state index in [1.807, 2.05) is 44.2 Å². The van der Waals surface area contributed by atoms with E-state index >= 15 is 0 Å². The lowest BCUT2D eigenvalue weighted by Gasteiger charge is -2.10. The Labute approximate surface area is 164 Å². The summed E-state index contributed by atoms with van der Waals surface area (Å²) < 4.78 is 26.3. The van der Waals surface area contributed by atoms with Crippen LogP contribution in [0, 0.1) is 6.92 Å². The first-order chi connectivity index (χ1) is 13.3. The number of ketones is 1. The first kappa shape index (κ1) is 19.7. The molecule has 0 unspecified atom stereocenters. The van der Waals surface area contributed by atoms with Crippen LogP contribution in [0.15, 0.2) is 65.6 Å². The molecule has 0 aliphatic heterocycles. The van der Waals surface area contributed by atoms with Crippen molar-refractivity contribution >= 4 is 31.4 Å². The van der Waals surface area contributed by atoms with Crippen molar-refractivity contribution in [2.75, 3.05) is 0 Å². The zero-order valence-corrected chi connectivity index (χ0v) is 16.7. The molecule has 0 saturated carbocycles. The number of hydrogen-bond donors (Lipinski definition) is 0. The third-order valence-corrected chi connectivity index (χ3v) is 6.51. The Balaban J connectivity index is 2.10. The monoisotopic (exact) mass is 392 g/mol. The predicted molar refractivity (Wildman–Crippen MR) is 109 cm³/mol. The molecule has 28 heavy (non-hydrogen) atoms. The fourth-order valence-electron chi connectivity index (χ4n) is 3.04. The maximum Gasteiger partial charge on any atom is 0.456 e. The molecule has 0 fully saturated rings. The van der Waals surface area contributed by atoms with Crippen LogP contribution in [0.25, 0.3) is 16.3 Å². The largest absolute Gasteiger partial charge is 0.456 e. The number of benzene rings is 3. The van der Waals surface area contributed by atoms with Gasteiger partial charge in [0.2, 0.25) is 0 Å². The standard InChI is InChI=1S/C22H20N2O3S/c1-14(2)17-9-8-15(3)20(13-17)28(26,27)22(24-23)21(25)19-11-10-16-6-4-5-7-18(16)12-19/h4-14H,1-3H3. The molecule has 0 N–H and O–H groups in total. The van der Waals surface area contributed by atoms with Crippen LogP contribution in [0.5, 0.6) is 0 Å². The summed E-state index contributed by atoms with van der Waals surface area (Å²) in [6.07, 6.45) is 0. The average molecular weight is 392 g/mol. The molecule has 6 heteroatoms. The summed E-state index contributed by atoms with van der Waals surface area (Å²) in [4.78, 5) is 15.8. The number of carbonyl (C=O) groups is 1. The number of aryl methyl sites for hydroxylation is 1. The lowest BCUT2D eigenvalue weighted by atomic mass is 10.0. The summed E-state index contributed by atoms with van der Waals surface area (Å²) in [5.74, 6) is -0.733. The maximum absolute atomic E-state index is 13.1. The molecule has 0 aliphatic rings. The minimum Gasteiger partial charge on any atom is -0.360 e. The third-order valence-electron chi connectivity index (χ3n) is 4.72. The maximum atomic E-state index is 13.1. The molecule has 0 atom stereocenters. The lowest BCUT2D eigenvalue weighted by molar-refractivity contribution is -0.00158. The lowest BCUT2D eigenvalue weighted by Crippen LogP contribution is -2.26. The molecule has 5 nitrogen and oxygen atoms in total. The Morgan fingerprint density at radius 1 is 0.964 bits per heavy atom. The molecule has 142 valence electrons. The van der Waals surface area contributed by atoms with Gasteiger partial charge in [0.25, 0.3) is 15.6 Å². The van der Waals surface area contributed by atoms with Gasteiger partial charge in [0.15, 0.2) is 0 Å².